The molecule has 0 aromatic carbocycles. The van der Waals surface area contributed by atoms with E-state index < -0.39 is 0 Å². The number of hydrogen-bond acceptors (Lipinski definition) is 1. The van der Waals surface area contributed by atoms with Gasteiger partial charge in [0.25, 0.3) is 8.42 Å². The van der Waals surface area contributed by atoms with E-state index in [0.29, 0.717) is 8.42 Å². The number of rotatable bonds is 0. The normalized spacial score (nSPS) is 29.8. The maximum absolute atomic E-state index is 9.47. The molecule has 0 spiro atoms. The van der Waals surface area contributed by atoms with E-state index in [0.717, 1.165) is 12.3 Å². The highest BCUT2D eigenvalue weighted by Crippen LogP contribution is 2.47. The van der Waals surface area contributed by atoms with Crippen LogP contribution in [-0.2, 0) is 0 Å². The van der Waals surface area contributed by atoms with E-state index in [1.807, 2.05) is 0 Å². The van der Waals surface area contributed by atoms with E-state index in [2.05, 4.69) is 0 Å². The Labute approximate surface area is 27.0 Å². The summed E-state index contributed by atoms with van der Waals surface area (Å²) in [6.45, 7) is 0. The molecule has 1 rings (SSSR count). The van der Waals surface area contributed by atoms with Gasteiger partial charge in [0.15, 0.2) is 0 Å². The van der Waals surface area contributed by atoms with Crippen LogP contribution in [0.1, 0.15) is 0 Å². The van der Waals surface area contributed by atoms with Crippen LogP contribution in [0.25, 0.3) is 0 Å². The van der Waals surface area contributed by atoms with Crippen LogP contribution in [-0.4, -0.2) is 4.26 Å². The zero-order valence-electron chi connectivity index (χ0n) is 1.80. The molecule has 1 aliphatic heterocycles. The van der Waals surface area contributed by atoms with Crippen LogP contribution < -0.4 is 0 Å². The Balaban J connectivity index is 2.54. The molecule has 0 amide bonds. The summed E-state index contributed by atoms with van der Waals surface area (Å²) in [6, 6.07) is 0. The molecule has 4 heteroatoms. The molecule has 1 unspecified atom stereocenters. The zero-order valence-corrected chi connectivity index (χ0v) is 3.70. The van der Waals surface area contributed by atoms with Crippen LogP contribution in [0.5, 0.6) is 0 Å². The third-order valence-electron chi connectivity index (χ3n) is 0.182. The van der Waals surface area contributed by atoms with Crippen LogP contribution in [0.4, 0.5) is 0 Å². The summed E-state index contributed by atoms with van der Waals surface area (Å²) in [5.41, 5.74) is 0. The molecule has 0 fully saturated rings. The minimum absolute atomic E-state index is 0.557. The number of hydrogen-bond donors (Lipinski definition) is 0. The Bertz CT molecular complexity index is 57.1. The van der Waals surface area contributed by atoms with Crippen molar-refractivity contribution in [1.29, 1.82) is 0 Å². The fourth-order valence-corrected chi connectivity index (χ4v) is 0.164. The molecule has 2 nitrogen and oxygen atoms in total. The van der Waals surface area contributed by atoms with Crippen molar-refractivity contribution < 1.29 is 4.26 Å². The summed E-state index contributed by atoms with van der Waals surface area (Å²) >= 11 is 0. The summed E-state index contributed by atoms with van der Waals surface area (Å²) in [4.78, 5) is 0. The maximum Gasteiger partial charge on any atom is 0.313 e. The van der Waals surface area contributed by atoms with Gasteiger partial charge in [0.05, 0.1) is 0 Å². The SMILES string of the molecule is [O-][N+]1=PP1. The maximum atomic E-state index is 9.47. The molecule has 0 aromatic heterocycles. The van der Waals surface area contributed by atoms with Gasteiger partial charge in [-0.25, -0.2) is 4.26 Å². The first-order valence-corrected chi connectivity index (χ1v) is 3.47. The lowest BCUT2D eigenvalue weighted by molar-refractivity contribution is -0.206. The monoisotopic (exact) mass is 93.0 g/mol. The largest absolute Gasteiger partial charge is 0.551 e. The van der Waals surface area contributed by atoms with Crippen LogP contribution >= 0.6 is 16.5 Å². The summed E-state index contributed by atoms with van der Waals surface area (Å²) in [6.07, 6.45) is 0. The van der Waals surface area contributed by atoms with Crippen molar-refractivity contribution in [3.63, 3.8) is 0 Å². The van der Waals surface area contributed by atoms with Gasteiger partial charge in [0.2, 0.25) is 0 Å². The Morgan fingerprint density at radius 1 is 2.00 bits per heavy atom. The highest BCUT2D eigenvalue weighted by Gasteiger charge is 2.08. The molecule has 4 heavy (non-hydrogen) atoms. The molecule has 0 radical (unpaired) electrons. The minimum atomic E-state index is 0.557. The lowest BCUT2D eigenvalue weighted by Gasteiger charge is -1.65. The molecule has 1 heterocycles. The van der Waals surface area contributed by atoms with E-state index in [9.17, 15) is 5.21 Å². The summed E-state index contributed by atoms with van der Waals surface area (Å²) in [5, 5.41) is 9.47. The zero-order chi connectivity index (χ0) is 2.99. The van der Waals surface area contributed by atoms with E-state index in [-0.39, 0.29) is 0 Å². The molecular formula is HNOP2. The van der Waals surface area contributed by atoms with Crippen LogP contribution in [0.2, 0.25) is 0 Å². The quantitative estimate of drug-likeness (QED) is 0.325. The molecule has 0 aromatic rings. The van der Waals surface area contributed by atoms with E-state index in [1.54, 1.807) is 0 Å². The topological polar surface area (TPSA) is 26.1 Å². The minimum Gasteiger partial charge on any atom is -0.551 e. The van der Waals surface area contributed by atoms with Gasteiger partial charge in [-0.2, -0.15) is 0 Å². The predicted molar refractivity (Wildman–Crippen MR) is 18.9 cm³/mol. The molecule has 0 N–H and O–H groups in total. The molecule has 1 atom stereocenters. The van der Waals surface area contributed by atoms with Gasteiger partial charge in [0.1, 0.15) is 0 Å². The van der Waals surface area contributed by atoms with Crippen molar-refractivity contribution in [3.8, 4) is 0 Å². The third kappa shape index (κ3) is 0.454. The van der Waals surface area contributed by atoms with Gasteiger partial charge in [-0.15, -0.1) is 0 Å². The van der Waals surface area contributed by atoms with Gasteiger partial charge >= 0.3 is 8.06 Å². The Morgan fingerprint density at radius 2 is 2.25 bits per heavy atom. The molecule has 0 saturated heterocycles. The first-order valence-electron chi connectivity index (χ1n) is 0.830. The Kier molecular flexibility index (Phi) is 0.487. The van der Waals surface area contributed by atoms with Gasteiger partial charge < -0.3 is 5.21 Å². The first kappa shape index (κ1) is 2.71. The Morgan fingerprint density at radius 3 is 2.25 bits per heavy atom. The third-order valence-corrected chi connectivity index (χ3v) is 1.63. The van der Waals surface area contributed by atoms with Gasteiger partial charge in [-0.1, -0.05) is 0 Å². The fraction of sp³-hybridized carbons (Fsp3) is 0. The molecule has 0 saturated carbocycles. The average molecular weight is 93.0 g/mol. The summed E-state index contributed by atoms with van der Waals surface area (Å²) in [5.74, 6) is 0. The summed E-state index contributed by atoms with van der Waals surface area (Å²) in [7, 11) is 1.53. The van der Waals surface area contributed by atoms with Crippen molar-refractivity contribution in [2.24, 2.45) is 0 Å². The first-order chi connectivity index (χ1) is 1.89. The van der Waals surface area contributed by atoms with Gasteiger partial charge in [0, 0.05) is 0 Å². The lowest BCUT2D eigenvalue weighted by atomic mass is 13.5. The van der Waals surface area contributed by atoms with Crippen molar-refractivity contribution in [2.45, 2.75) is 0 Å². The molecule has 0 aliphatic carbocycles. The van der Waals surface area contributed by atoms with Crippen molar-refractivity contribution in [1.82, 2.24) is 0 Å². The van der Waals surface area contributed by atoms with Crippen molar-refractivity contribution >= 4 is 16.5 Å². The highest BCUT2D eigenvalue weighted by molar-refractivity contribution is 8.11. The smallest absolute Gasteiger partial charge is 0.313 e. The standard InChI is InChI=1S/HNOP2/c2-1-3-4-1/h3H. The second-order valence-electron chi connectivity index (χ2n) is 0.473. The lowest BCUT2D eigenvalue weighted by Crippen LogP contribution is -1.47. The van der Waals surface area contributed by atoms with Crippen LogP contribution in [0.15, 0.2) is 0 Å². The van der Waals surface area contributed by atoms with Crippen LogP contribution in [0, 0.1) is 5.21 Å². The van der Waals surface area contributed by atoms with Gasteiger partial charge in [-0.05, 0) is 0 Å². The molecule has 22 valence electrons. The Hall–Kier alpha value is 0.490. The molecular weight excluding hydrogens is 92.0 g/mol. The van der Waals surface area contributed by atoms with Gasteiger partial charge in [-0.3, -0.25) is 0 Å². The predicted octanol–water partition coefficient (Wildman–Crippen LogP) is 1.15. The van der Waals surface area contributed by atoms with Crippen LogP contribution in [0.3, 0.4) is 0 Å². The average Bonchev–Trinajstić information content (AvgIpc) is 1.75. The summed E-state index contributed by atoms with van der Waals surface area (Å²) < 4.78 is 1.00. The van der Waals surface area contributed by atoms with E-state index >= 15 is 0 Å². The molecule has 0 bridgehead atoms. The van der Waals surface area contributed by atoms with Crippen molar-refractivity contribution in [3.05, 3.63) is 5.21 Å². The van der Waals surface area contributed by atoms with E-state index in [4.69, 9.17) is 0 Å². The van der Waals surface area contributed by atoms with Crippen molar-refractivity contribution in [2.75, 3.05) is 0 Å². The second kappa shape index (κ2) is 0.718. The van der Waals surface area contributed by atoms with E-state index in [1.165, 1.54) is 0 Å². The fourth-order valence-electron chi connectivity index (χ4n) is 0.0183. The molecule has 1 aliphatic rings. The number of nitrogens with zero attached hydrogens (tertiary/aromatic N) is 1. The highest BCUT2D eigenvalue weighted by atomic mass is 32.1. The second-order valence-corrected chi connectivity index (χ2v) is 3.22.